The van der Waals surface area contributed by atoms with Gasteiger partial charge in [0.2, 0.25) is 5.88 Å². The molecule has 1 aromatic heterocycles. The quantitative estimate of drug-likeness (QED) is 0.931. The number of anilines is 1. The zero-order valence-electron chi connectivity index (χ0n) is 13.2. The standard InChI is InChI=1S/C16H23N3O3/c1-3-22-14-13(8-12(2)9-17-14)18-15(20)19-6-7-21-11-16(10-19)4-5-16/h8-9H,3-7,10-11H2,1-2H3,(H,18,20). The Hall–Kier alpha value is -1.82. The van der Waals surface area contributed by atoms with Crippen molar-refractivity contribution in [3.8, 4) is 5.88 Å². The molecule has 2 aliphatic rings. The van der Waals surface area contributed by atoms with Crippen molar-refractivity contribution in [1.29, 1.82) is 0 Å². The summed E-state index contributed by atoms with van der Waals surface area (Å²) >= 11 is 0. The Bertz CT molecular complexity index is 558. The lowest BCUT2D eigenvalue weighted by molar-refractivity contribution is 0.115. The summed E-state index contributed by atoms with van der Waals surface area (Å²) < 4.78 is 11.1. The molecule has 1 saturated heterocycles. The van der Waals surface area contributed by atoms with Crippen molar-refractivity contribution in [2.75, 3.05) is 38.2 Å². The summed E-state index contributed by atoms with van der Waals surface area (Å²) in [6.07, 6.45) is 4.03. The molecule has 1 saturated carbocycles. The summed E-state index contributed by atoms with van der Waals surface area (Å²) in [6.45, 7) is 7.11. The fourth-order valence-corrected chi connectivity index (χ4v) is 2.74. The molecule has 0 radical (unpaired) electrons. The number of amides is 2. The summed E-state index contributed by atoms with van der Waals surface area (Å²) in [5, 5.41) is 2.94. The van der Waals surface area contributed by atoms with E-state index in [4.69, 9.17) is 9.47 Å². The lowest BCUT2D eigenvalue weighted by atomic mass is 10.1. The van der Waals surface area contributed by atoms with Crippen molar-refractivity contribution < 1.29 is 14.3 Å². The van der Waals surface area contributed by atoms with E-state index in [1.807, 2.05) is 24.8 Å². The molecule has 2 heterocycles. The van der Waals surface area contributed by atoms with E-state index < -0.39 is 0 Å². The van der Waals surface area contributed by atoms with Gasteiger partial charge in [-0.3, -0.25) is 0 Å². The lowest BCUT2D eigenvalue weighted by Crippen LogP contribution is -2.39. The van der Waals surface area contributed by atoms with Crippen LogP contribution in [0.2, 0.25) is 0 Å². The third-order valence-electron chi connectivity index (χ3n) is 4.19. The van der Waals surface area contributed by atoms with Gasteiger partial charge in [-0.05, 0) is 38.3 Å². The Labute approximate surface area is 130 Å². The zero-order chi connectivity index (χ0) is 15.6. The third-order valence-corrected chi connectivity index (χ3v) is 4.19. The van der Waals surface area contributed by atoms with E-state index in [0.29, 0.717) is 31.3 Å². The minimum Gasteiger partial charge on any atom is -0.476 e. The minimum atomic E-state index is -0.106. The van der Waals surface area contributed by atoms with Crippen LogP contribution in [0.3, 0.4) is 0 Å². The fourth-order valence-electron chi connectivity index (χ4n) is 2.74. The van der Waals surface area contributed by atoms with Gasteiger partial charge >= 0.3 is 6.03 Å². The van der Waals surface area contributed by atoms with E-state index in [-0.39, 0.29) is 11.4 Å². The molecule has 3 rings (SSSR count). The molecule has 1 spiro atoms. The second-order valence-electron chi connectivity index (χ2n) is 6.20. The minimum absolute atomic E-state index is 0.106. The number of ether oxygens (including phenoxy) is 2. The molecule has 120 valence electrons. The lowest BCUT2D eigenvalue weighted by Gasteiger charge is -2.24. The number of nitrogens with zero attached hydrogens (tertiary/aromatic N) is 2. The van der Waals surface area contributed by atoms with Crippen LogP contribution in [0.15, 0.2) is 12.3 Å². The summed E-state index contributed by atoms with van der Waals surface area (Å²) in [5.41, 5.74) is 1.81. The number of urea groups is 1. The highest BCUT2D eigenvalue weighted by atomic mass is 16.5. The normalized spacial score (nSPS) is 19.6. The molecular formula is C16H23N3O3. The number of carbonyl (C=O) groups excluding carboxylic acids is 1. The van der Waals surface area contributed by atoms with Crippen LogP contribution in [-0.2, 0) is 4.74 Å². The predicted octanol–water partition coefficient (Wildman–Crippen LogP) is 2.43. The summed E-state index contributed by atoms with van der Waals surface area (Å²) in [4.78, 5) is 18.7. The number of hydrogen-bond acceptors (Lipinski definition) is 4. The van der Waals surface area contributed by atoms with Gasteiger partial charge in [0.05, 0.1) is 19.8 Å². The van der Waals surface area contributed by atoms with E-state index in [9.17, 15) is 4.79 Å². The van der Waals surface area contributed by atoms with Crippen LogP contribution in [0.4, 0.5) is 10.5 Å². The zero-order valence-corrected chi connectivity index (χ0v) is 13.2. The Morgan fingerprint density at radius 2 is 2.36 bits per heavy atom. The van der Waals surface area contributed by atoms with Crippen LogP contribution in [0.5, 0.6) is 5.88 Å². The van der Waals surface area contributed by atoms with Crippen molar-refractivity contribution in [1.82, 2.24) is 9.88 Å². The van der Waals surface area contributed by atoms with Gasteiger partial charge in [0, 0.05) is 24.7 Å². The fraction of sp³-hybridized carbons (Fsp3) is 0.625. The number of rotatable bonds is 3. The highest BCUT2D eigenvalue weighted by Gasteiger charge is 2.46. The summed E-state index contributed by atoms with van der Waals surface area (Å²) in [7, 11) is 0. The molecule has 22 heavy (non-hydrogen) atoms. The van der Waals surface area contributed by atoms with Crippen LogP contribution >= 0.6 is 0 Å². The topological polar surface area (TPSA) is 63.7 Å². The molecule has 1 N–H and O–H groups in total. The van der Waals surface area contributed by atoms with Crippen molar-refractivity contribution in [2.24, 2.45) is 5.41 Å². The van der Waals surface area contributed by atoms with Gasteiger partial charge in [-0.1, -0.05) is 0 Å². The Morgan fingerprint density at radius 3 is 3.09 bits per heavy atom. The molecule has 0 atom stereocenters. The Morgan fingerprint density at radius 1 is 1.55 bits per heavy atom. The van der Waals surface area contributed by atoms with Gasteiger partial charge in [0.15, 0.2) is 0 Å². The highest BCUT2D eigenvalue weighted by Crippen LogP contribution is 2.47. The summed E-state index contributed by atoms with van der Waals surface area (Å²) in [6, 6.07) is 1.78. The molecule has 1 aromatic rings. The molecule has 2 fully saturated rings. The number of aromatic nitrogens is 1. The third kappa shape index (κ3) is 3.32. The van der Waals surface area contributed by atoms with Crippen LogP contribution in [0.1, 0.15) is 25.3 Å². The van der Waals surface area contributed by atoms with Crippen molar-refractivity contribution in [2.45, 2.75) is 26.7 Å². The van der Waals surface area contributed by atoms with Gasteiger partial charge in [-0.2, -0.15) is 0 Å². The first-order valence-electron chi connectivity index (χ1n) is 7.85. The molecule has 6 heteroatoms. The average molecular weight is 305 g/mol. The van der Waals surface area contributed by atoms with Crippen LogP contribution in [0, 0.1) is 12.3 Å². The first kappa shape index (κ1) is 15.1. The van der Waals surface area contributed by atoms with Crippen LogP contribution in [-0.4, -0.2) is 48.8 Å². The maximum Gasteiger partial charge on any atom is 0.322 e. The van der Waals surface area contributed by atoms with Crippen LogP contribution in [0.25, 0.3) is 0 Å². The van der Waals surface area contributed by atoms with Gasteiger partial charge < -0.3 is 19.7 Å². The SMILES string of the molecule is CCOc1ncc(C)cc1NC(=O)N1CCOCC2(CC2)C1. The highest BCUT2D eigenvalue weighted by molar-refractivity contribution is 5.90. The van der Waals surface area contributed by atoms with E-state index in [0.717, 1.165) is 31.6 Å². The summed E-state index contributed by atoms with van der Waals surface area (Å²) in [5.74, 6) is 0.466. The van der Waals surface area contributed by atoms with Crippen molar-refractivity contribution >= 4 is 11.7 Å². The molecule has 1 aliphatic carbocycles. The van der Waals surface area contributed by atoms with Gasteiger partial charge in [-0.15, -0.1) is 0 Å². The van der Waals surface area contributed by atoms with Crippen molar-refractivity contribution in [3.63, 3.8) is 0 Å². The smallest absolute Gasteiger partial charge is 0.322 e. The molecule has 6 nitrogen and oxygen atoms in total. The maximum absolute atomic E-state index is 12.6. The van der Waals surface area contributed by atoms with Gasteiger partial charge in [-0.25, -0.2) is 9.78 Å². The van der Waals surface area contributed by atoms with Crippen LogP contribution < -0.4 is 10.1 Å². The number of hydrogen-bond donors (Lipinski definition) is 1. The molecule has 0 bridgehead atoms. The number of pyridine rings is 1. The maximum atomic E-state index is 12.6. The predicted molar refractivity (Wildman–Crippen MR) is 83.2 cm³/mol. The number of nitrogens with one attached hydrogen (secondary N) is 1. The first-order valence-corrected chi connectivity index (χ1v) is 7.85. The molecular weight excluding hydrogens is 282 g/mol. The van der Waals surface area contributed by atoms with E-state index in [1.165, 1.54) is 0 Å². The molecule has 0 unspecified atom stereocenters. The Kier molecular flexibility index (Phi) is 4.20. The second-order valence-corrected chi connectivity index (χ2v) is 6.20. The largest absolute Gasteiger partial charge is 0.476 e. The second kappa shape index (κ2) is 6.12. The molecule has 1 aliphatic heterocycles. The average Bonchev–Trinajstić information content (AvgIpc) is 3.29. The number of aryl methyl sites for hydroxylation is 1. The van der Waals surface area contributed by atoms with Gasteiger partial charge in [0.25, 0.3) is 0 Å². The Balaban J connectivity index is 1.71. The molecule has 2 amide bonds. The molecule has 0 aromatic carbocycles. The first-order chi connectivity index (χ1) is 10.6. The monoisotopic (exact) mass is 305 g/mol. The van der Waals surface area contributed by atoms with E-state index in [1.54, 1.807) is 6.20 Å². The van der Waals surface area contributed by atoms with Gasteiger partial charge in [0.1, 0.15) is 5.69 Å². The number of carbonyl (C=O) groups is 1. The van der Waals surface area contributed by atoms with Crippen molar-refractivity contribution in [3.05, 3.63) is 17.8 Å². The van der Waals surface area contributed by atoms with E-state index >= 15 is 0 Å². The van der Waals surface area contributed by atoms with E-state index in [2.05, 4.69) is 10.3 Å².